The first kappa shape index (κ1) is 16.7. The fourth-order valence-electron chi connectivity index (χ4n) is 2.68. The lowest BCUT2D eigenvalue weighted by molar-refractivity contribution is 0.199. The van der Waals surface area contributed by atoms with E-state index in [2.05, 4.69) is 44.3 Å². The lowest BCUT2D eigenvalue weighted by atomic mass is 9.97. The van der Waals surface area contributed by atoms with Crippen molar-refractivity contribution in [2.75, 3.05) is 44.9 Å². The maximum absolute atomic E-state index is 9.22. The van der Waals surface area contributed by atoms with Crippen molar-refractivity contribution in [2.24, 2.45) is 5.92 Å². The number of benzene rings is 1. The highest BCUT2D eigenvalue weighted by Gasteiger charge is 2.20. The molecule has 0 aliphatic carbocycles. The van der Waals surface area contributed by atoms with Gasteiger partial charge in [0.25, 0.3) is 0 Å². The number of nitrogens with zero attached hydrogens (tertiary/aromatic N) is 1. The number of methoxy groups -OCH3 is 1. The summed E-state index contributed by atoms with van der Waals surface area (Å²) in [5, 5.41) is 12.6. The summed E-state index contributed by atoms with van der Waals surface area (Å²) in [5.74, 6) is 0.476. The minimum Gasteiger partial charge on any atom is -0.396 e. The average Bonchev–Trinajstić information content (AvgIpc) is 2.52. The smallest absolute Gasteiger partial charge is 0.0587 e. The fraction of sp³-hybridized carbons (Fsp3) is 0.625. The number of hydrogen-bond donors (Lipinski definition) is 2. The Morgan fingerprint density at radius 3 is 2.76 bits per heavy atom. The second kappa shape index (κ2) is 8.73. The lowest BCUT2D eigenvalue weighted by Crippen LogP contribution is -2.34. The van der Waals surface area contributed by atoms with Crippen molar-refractivity contribution in [3.63, 3.8) is 0 Å². The van der Waals surface area contributed by atoms with E-state index in [4.69, 9.17) is 4.74 Å². The van der Waals surface area contributed by atoms with Crippen LogP contribution < -0.4 is 10.2 Å². The van der Waals surface area contributed by atoms with Crippen LogP contribution in [0.2, 0.25) is 0 Å². The van der Waals surface area contributed by atoms with Gasteiger partial charge >= 0.3 is 0 Å². The monoisotopic (exact) mass is 356 g/mol. The maximum atomic E-state index is 9.22. The van der Waals surface area contributed by atoms with Crippen LogP contribution in [0.5, 0.6) is 0 Å². The summed E-state index contributed by atoms with van der Waals surface area (Å²) in [6.45, 7) is 4.82. The fourth-order valence-corrected chi connectivity index (χ4v) is 3.36. The van der Waals surface area contributed by atoms with E-state index in [1.807, 2.05) is 0 Å². The van der Waals surface area contributed by atoms with Gasteiger partial charge in [0.15, 0.2) is 0 Å². The number of piperidine rings is 1. The molecule has 1 saturated heterocycles. The van der Waals surface area contributed by atoms with Gasteiger partial charge in [-0.1, -0.05) is 6.07 Å². The van der Waals surface area contributed by atoms with Crippen LogP contribution in [0.15, 0.2) is 22.7 Å². The van der Waals surface area contributed by atoms with Crippen LogP contribution in [0.4, 0.5) is 5.69 Å². The normalized spacial score (nSPS) is 16.4. The molecular formula is C16H25BrN2O2. The number of aliphatic hydroxyl groups excluding tert-OH is 1. The molecule has 1 aromatic carbocycles. The van der Waals surface area contributed by atoms with Crippen LogP contribution in [0.25, 0.3) is 0 Å². The molecule has 1 aromatic rings. The van der Waals surface area contributed by atoms with Gasteiger partial charge in [-0.2, -0.15) is 0 Å². The van der Waals surface area contributed by atoms with Gasteiger partial charge in [0.2, 0.25) is 0 Å². The Balaban J connectivity index is 1.90. The van der Waals surface area contributed by atoms with Gasteiger partial charge in [-0.15, -0.1) is 0 Å². The van der Waals surface area contributed by atoms with E-state index in [0.717, 1.165) is 50.1 Å². The lowest BCUT2D eigenvalue weighted by Gasteiger charge is -2.33. The Morgan fingerprint density at radius 1 is 1.38 bits per heavy atom. The van der Waals surface area contributed by atoms with Crippen molar-refractivity contribution in [2.45, 2.75) is 19.4 Å². The number of hydrogen-bond acceptors (Lipinski definition) is 4. The molecule has 5 heteroatoms. The van der Waals surface area contributed by atoms with Crippen LogP contribution in [0.1, 0.15) is 18.4 Å². The minimum absolute atomic E-state index is 0.321. The van der Waals surface area contributed by atoms with E-state index in [-0.39, 0.29) is 0 Å². The topological polar surface area (TPSA) is 44.7 Å². The molecule has 21 heavy (non-hydrogen) atoms. The van der Waals surface area contributed by atoms with Gasteiger partial charge in [-0.05, 0) is 52.4 Å². The first-order chi connectivity index (χ1) is 10.2. The molecule has 1 aliphatic heterocycles. The molecule has 0 radical (unpaired) electrons. The number of halogens is 1. The Hall–Kier alpha value is -0.620. The van der Waals surface area contributed by atoms with Gasteiger partial charge in [0.05, 0.1) is 12.3 Å². The van der Waals surface area contributed by atoms with Crippen LogP contribution >= 0.6 is 15.9 Å². The van der Waals surface area contributed by atoms with Crippen molar-refractivity contribution >= 4 is 21.6 Å². The number of ether oxygens (including phenoxy) is 1. The van der Waals surface area contributed by atoms with E-state index in [9.17, 15) is 5.11 Å². The second-order valence-electron chi connectivity index (χ2n) is 5.57. The van der Waals surface area contributed by atoms with Gasteiger partial charge in [0, 0.05) is 44.4 Å². The molecule has 0 amide bonds. The van der Waals surface area contributed by atoms with Crippen molar-refractivity contribution in [1.82, 2.24) is 5.32 Å². The summed E-state index contributed by atoms with van der Waals surface area (Å²) in [4.78, 5) is 2.40. The summed E-state index contributed by atoms with van der Waals surface area (Å²) in [6.07, 6.45) is 2.15. The van der Waals surface area contributed by atoms with Crippen LogP contribution in [0.3, 0.4) is 0 Å². The number of nitrogens with one attached hydrogen (secondary N) is 1. The highest BCUT2D eigenvalue weighted by Crippen LogP contribution is 2.30. The highest BCUT2D eigenvalue weighted by molar-refractivity contribution is 9.10. The molecule has 0 saturated carbocycles. The molecular weight excluding hydrogens is 332 g/mol. The quantitative estimate of drug-likeness (QED) is 0.736. The Bertz CT molecular complexity index is 434. The second-order valence-corrected chi connectivity index (χ2v) is 6.42. The zero-order valence-electron chi connectivity index (χ0n) is 12.6. The van der Waals surface area contributed by atoms with Crippen molar-refractivity contribution < 1.29 is 9.84 Å². The Labute approximate surface area is 135 Å². The van der Waals surface area contributed by atoms with Gasteiger partial charge in [0.1, 0.15) is 0 Å². The molecule has 0 unspecified atom stereocenters. The summed E-state index contributed by atoms with van der Waals surface area (Å²) in [6, 6.07) is 6.56. The van der Waals surface area contributed by atoms with Crippen LogP contribution in [0, 0.1) is 5.92 Å². The zero-order valence-corrected chi connectivity index (χ0v) is 14.2. The number of rotatable bonds is 7. The predicted molar refractivity (Wildman–Crippen MR) is 89.7 cm³/mol. The van der Waals surface area contributed by atoms with Crippen LogP contribution in [-0.2, 0) is 11.3 Å². The third kappa shape index (κ3) is 4.95. The van der Waals surface area contributed by atoms with E-state index >= 15 is 0 Å². The largest absolute Gasteiger partial charge is 0.396 e. The summed E-state index contributed by atoms with van der Waals surface area (Å²) in [5.41, 5.74) is 2.53. The summed E-state index contributed by atoms with van der Waals surface area (Å²) < 4.78 is 6.17. The molecule has 0 spiro atoms. The molecule has 1 aliphatic rings. The molecule has 1 fully saturated rings. The Morgan fingerprint density at radius 2 is 2.14 bits per heavy atom. The summed E-state index contributed by atoms with van der Waals surface area (Å²) >= 11 is 3.69. The standard InChI is InChI=1S/C16H25BrN2O2/c1-21-9-6-18-11-14-2-3-16(15(17)10-14)19-7-4-13(12-20)5-8-19/h2-3,10,13,18,20H,4-9,11-12H2,1H3. The van der Waals surface area contributed by atoms with Crippen LogP contribution in [-0.4, -0.2) is 45.1 Å². The number of anilines is 1. The first-order valence-electron chi connectivity index (χ1n) is 7.58. The van der Waals surface area contributed by atoms with Crippen molar-refractivity contribution in [3.05, 3.63) is 28.2 Å². The summed E-state index contributed by atoms with van der Waals surface area (Å²) in [7, 11) is 1.72. The molecule has 2 rings (SSSR count). The third-order valence-corrected chi connectivity index (χ3v) is 4.67. The van der Waals surface area contributed by atoms with Crippen molar-refractivity contribution in [1.29, 1.82) is 0 Å². The van der Waals surface area contributed by atoms with E-state index < -0.39 is 0 Å². The first-order valence-corrected chi connectivity index (χ1v) is 8.37. The van der Waals surface area contributed by atoms with Gasteiger partial charge in [-0.25, -0.2) is 0 Å². The van der Waals surface area contributed by atoms with E-state index in [1.54, 1.807) is 7.11 Å². The van der Waals surface area contributed by atoms with E-state index in [1.165, 1.54) is 11.3 Å². The molecule has 0 atom stereocenters. The minimum atomic E-state index is 0.321. The average molecular weight is 357 g/mol. The predicted octanol–water partition coefficient (Wildman–Crippen LogP) is 2.39. The van der Waals surface area contributed by atoms with Gasteiger partial charge < -0.3 is 20.1 Å². The molecule has 0 bridgehead atoms. The number of aliphatic hydroxyl groups is 1. The highest BCUT2D eigenvalue weighted by atomic mass is 79.9. The maximum Gasteiger partial charge on any atom is 0.0587 e. The van der Waals surface area contributed by atoms with Gasteiger partial charge in [-0.3, -0.25) is 0 Å². The SMILES string of the molecule is COCCNCc1ccc(N2CCC(CO)CC2)c(Br)c1. The third-order valence-electron chi connectivity index (χ3n) is 4.04. The molecule has 1 heterocycles. The molecule has 118 valence electrons. The van der Waals surface area contributed by atoms with Crippen molar-refractivity contribution in [3.8, 4) is 0 Å². The molecule has 2 N–H and O–H groups in total. The zero-order chi connectivity index (χ0) is 15.1. The molecule has 4 nitrogen and oxygen atoms in total. The van der Waals surface area contributed by atoms with E-state index in [0.29, 0.717) is 12.5 Å². The Kier molecular flexibility index (Phi) is 6.96. The molecule has 0 aromatic heterocycles.